The normalized spacial score (nSPS) is 13.3. The van der Waals surface area contributed by atoms with E-state index in [1.807, 2.05) is 30.3 Å². The van der Waals surface area contributed by atoms with Crippen molar-refractivity contribution in [3.63, 3.8) is 0 Å². The molecule has 0 unspecified atom stereocenters. The van der Waals surface area contributed by atoms with Crippen molar-refractivity contribution >= 4 is 55.1 Å². The van der Waals surface area contributed by atoms with Gasteiger partial charge in [0.15, 0.2) is 0 Å². The Morgan fingerprint density at radius 1 is 0.464 bits per heavy atom. The van der Waals surface area contributed by atoms with Crippen LogP contribution in [-0.4, -0.2) is 15.0 Å². The van der Waals surface area contributed by atoms with Crippen molar-refractivity contribution in [3.8, 4) is 22.5 Å². The van der Waals surface area contributed by atoms with E-state index in [1.54, 1.807) is 0 Å². The van der Waals surface area contributed by atoms with Gasteiger partial charge >= 0.3 is 0 Å². The first kappa shape index (κ1) is 40.3. The molecule has 2 aromatic heterocycles. The molecule has 0 atom stereocenters. The standard InChI is InChI=1S/C65H46N4/c66-64(45-24-8-2-9-25-45)67-57(40-38-44-22-6-1-7-23-44)54-43-56-62(51-33-16-19-35-55(51)65(56,46-26-10-3-11-27-46)47-28-12-4-13-29-47)63-61(54)52-34-18-21-37-59(52)69(63)49-39-41-60-53(42-49)50-32-17-20-36-58(50)68(60)48-30-14-5-15-31-48/h1-37,39-43H,38H2,(H2,66,67)/b57-40-. The summed E-state index contributed by atoms with van der Waals surface area (Å²) in [5.74, 6) is 0.466. The van der Waals surface area contributed by atoms with E-state index in [0.717, 1.165) is 55.5 Å². The maximum atomic E-state index is 7.12. The predicted molar refractivity (Wildman–Crippen MR) is 288 cm³/mol. The highest BCUT2D eigenvalue weighted by Crippen LogP contribution is 2.60. The molecule has 13 rings (SSSR count). The number of rotatable bonds is 9. The molecular formula is C65H46N4. The zero-order chi connectivity index (χ0) is 45.9. The van der Waals surface area contributed by atoms with Gasteiger partial charge in [0.25, 0.3) is 0 Å². The van der Waals surface area contributed by atoms with Gasteiger partial charge in [-0.3, -0.25) is 0 Å². The molecule has 69 heavy (non-hydrogen) atoms. The highest BCUT2D eigenvalue weighted by atomic mass is 15.0. The van der Waals surface area contributed by atoms with Crippen molar-refractivity contribution < 1.29 is 0 Å². The number of benzene rings is 10. The third-order valence-corrected chi connectivity index (χ3v) is 14.2. The minimum atomic E-state index is -0.676. The number of amidine groups is 1. The molecule has 12 aromatic rings. The van der Waals surface area contributed by atoms with Crippen molar-refractivity contribution in [2.24, 2.45) is 10.7 Å². The number of fused-ring (bicyclic) bond motifs is 10. The average Bonchev–Trinajstić information content (AvgIpc) is 4.05. The van der Waals surface area contributed by atoms with Gasteiger partial charge in [-0.25, -0.2) is 4.99 Å². The average molecular weight is 883 g/mol. The van der Waals surface area contributed by atoms with Crippen LogP contribution in [0.15, 0.2) is 260 Å². The molecule has 0 spiro atoms. The van der Waals surface area contributed by atoms with E-state index in [-0.39, 0.29) is 0 Å². The Morgan fingerprint density at radius 3 is 1.71 bits per heavy atom. The Hall–Kier alpha value is -8.99. The van der Waals surface area contributed by atoms with Crippen LogP contribution in [0.4, 0.5) is 0 Å². The van der Waals surface area contributed by atoms with Crippen LogP contribution in [0.3, 0.4) is 0 Å². The van der Waals surface area contributed by atoms with Crippen LogP contribution < -0.4 is 5.73 Å². The molecule has 0 amide bonds. The van der Waals surface area contributed by atoms with E-state index in [9.17, 15) is 0 Å². The fourth-order valence-electron chi connectivity index (χ4n) is 11.3. The van der Waals surface area contributed by atoms with Crippen LogP contribution >= 0.6 is 0 Å². The number of aliphatic imine (C=N–C) groups is 1. The summed E-state index contributed by atoms with van der Waals surface area (Å²) < 4.78 is 4.92. The number of aromatic nitrogens is 2. The van der Waals surface area contributed by atoms with Crippen molar-refractivity contribution in [2.75, 3.05) is 0 Å². The first-order valence-corrected chi connectivity index (χ1v) is 23.7. The number of allylic oxidation sites excluding steroid dienone is 1. The van der Waals surface area contributed by atoms with Crippen molar-refractivity contribution in [1.82, 2.24) is 9.13 Å². The van der Waals surface area contributed by atoms with E-state index in [1.165, 1.54) is 55.2 Å². The molecule has 0 bridgehead atoms. The lowest BCUT2D eigenvalue weighted by Gasteiger charge is -2.34. The molecule has 0 radical (unpaired) electrons. The number of hydrogen-bond donors (Lipinski definition) is 1. The van der Waals surface area contributed by atoms with E-state index < -0.39 is 5.41 Å². The molecule has 0 aliphatic heterocycles. The summed E-state index contributed by atoms with van der Waals surface area (Å²) in [7, 11) is 0. The van der Waals surface area contributed by atoms with Crippen molar-refractivity contribution in [1.29, 1.82) is 0 Å². The van der Waals surface area contributed by atoms with Crippen LogP contribution in [0.25, 0.3) is 71.8 Å². The molecule has 2 N–H and O–H groups in total. The Kier molecular flexibility index (Phi) is 9.58. The molecule has 10 aromatic carbocycles. The fourth-order valence-corrected chi connectivity index (χ4v) is 11.3. The molecule has 1 aliphatic carbocycles. The Morgan fingerprint density at radius 2 is 1.01 bits per heavy atom. The minimum absolute atomic E-state index is 0.466. The van der Waals surface area contributed by atoms with Gasteiger partial charge in [0, 0.05) is 49.6 Å². The Bertz CT molecular complexity index is 3920. The fraction of sp³-hybridized carbons (Fsp3) is 0.0308. The largest absolute Gasteiger partial charge is 0.383 e. The molecule has 326 valence electrons. The second-order valence-corrected chi connectivity index (χ2v) is 18.0. The molecule has 4 heteroatoms. The van der Waals surface area contributed by atoms with E-state index >= 15 is 0 Å². The van der Waals surface area contributed by atoms with Gasteiger partial charge in [-0.2, -0.15) is 0 Å². The van der Waals surface area contributed by atoms with Crippen molar-refractivity contribution in [2.45, 2.75) is 11.8 Å². The third kappa shape index (κ3) is 6.33. The maximum Gasteiger partial charge on any atom is 0.131 e. The quantitative estimate of drug-likeness (QED) is 0.114. The van der Waals surface area contributed by atoms with Gasteiger partial charge < -0.3 is 14.9 Å². The number of nitrogens with two attached hydrogens (primary N) is 1. The first-order valence-electron chi connectivity index (χ1n) is 23.7. The van der Waals surface area contributed by atoms with E-state index in [2.05, 4.69) is 234 Å². The summed E-state index contributed by atoms with van der Waals surface area (Å²) in [6.45, 7) is 0. The second-order valence-electron chi connectivity index (χ2n) is 18.0. The zero-order valence-corrected chi connectivity index (χ0v) is 37.9. The van der Waals surface area contributed by atoms with E-state index in [0.29, 0.717) is 12.3 Å². The SMILES string of the molecule is NC(=N/C(=C\Cc1ccccc1)c1cc2c(c3c1c1ccccc1n3-c1ccc3c(c1)c1ccccc1n3-c1ccccc1)-c1ccccc1C2(c1ccccc1)c1ccccc1)c1ccccc1. The van der Waals surface area contributed by atoms with Crippen LogP contribution in [0.5, 0.6) is 0 Å². The lowest BCUT2D eigenvalue weighted by Crippen LogP contribution is -2.28. The topological polar surface area (TPSA) is 48.2 Å². The van der Waals surface area contributed by atoms with Gasteiger partial charge in [-0.05, 0) is 88.3 Å². The number of nitrogens with zero attached hydrogens (tertiary/aromatic N) is 3. The smallest absolute Gasteiger partial charge is 0.131 e. The molecule has 4 nitrogen and oxygen atoms in total. The lowest BCUT2D eigenvalue weighted by molar-refractivity contribution is 0.768. The Labute approximate surface area is 401 Å². The molecule has 0 fully saturated rings. The molecular weight excluding hydrogens is 837 g/mol. The molecule has 1 aliphatic rings. The Balaban J connectivity index is 1.21. The predicted octanol–water partition coefficient (Wildman–Crippen LogP) is 15.2. The second kappa shape index (κ2) is 16.4. The zero-order valence-electron chi connectivity index (χ0n) is 37.9. The lowest BCUT2D eigenvalue weighted by atomic mass is 9.67. The summed E-state index contributed by atoms with van der Waals surface area (Å²) in [5, 5.41) is 4.68. The minimum Gasteiger partial charge on any atom is -0.383 e. The highest BCUT2D eigenvalue weighted by molar-refractivity contribution is 6.21. The molecule has 0 saturated carbocycles. The summed E-state index contributed by atoms with van der Waals surface area (Å²) in [5.41, 5.74) is 24.4. The third-order valence-electron chi connectivity index (χ3n) is 14.2. The van der Waals surface area contributed by atoms with Gasteiger partial charge in [-0.1, -0.05) is 206 Å². The van der Waals surface area contributed by atoms with Crippen LogP contribution in [0.2, 0.25) is 0 Å². The van der Waals surface area contributed by atoms with Crippen LogP contribution in [0, 0.1) is 0 Å². The summed E-state index contributed by atoms with van der Waals surface area (Å²) in [6.07, 6.45) is 2.95. The maximum absolute atomic E-state index is 7.12. The summed E-state index contributed by atoms with van der Waals surface area (Å²) >= 11 is 0. The summed E-state index contributed by atoms with van der Waals surface area (Å²) in [4.78, 5) is 5.49. The van der Waals surface area contributed by atoms with Gasteiger partial charge in [0.2, 0.25) is 0 Å². The van der Waals surface area contributed by atoms with E-state index in [4.69, 9.17) is 10.7 Å². The van der Waals surface area contributed by atoms with Gasteiger partial charge in [0.1, 0.15) is 5.84 Å². The van der Waals surface area contributed by atoms with Gasteiger partial charge in [0.05, 0.1) is 33.2 Å². The van der Waals surface area contributed by atoms with Crippen LogP contribution in [0.1, 0.15) is 38.9 Å². The molecule has 2 heterocycles. The first-order chi connectivity index (χ1) is 34.2. The highest BCUT2D eigenvalue weighted by Gasteiger charge is 2.48. The number of hydrogen-bond acceptors (Lipinski definition) is 1. The summed E-state index contributed by atoms with van der Waals surface area (Å²) in [6, 6.07) is 89.8. The van der Waals surface area contributed by atoms with Crippen molar-refractivity contribution in [3.05, 3.63) is 294 Å². The molecule has 0 saturated heterocycles. The number of para-hydroxylation sites is 3. The van der Waals surface area contributed by atoms with Crippen LogP contribution in [-0.2, 0) is 11.8 Å². The monoisotopic (exact) mass is 882 g/mol. The van der Waals surface area contributed by atoms with Gasteiger partial charge in [-0.15, -0.1) is 0 Å².